The van der Waals surface area contributed by atoms with E-state index < -0.39 is 0 Å². The SMILES string of the molecule is C[C@@H]1c2nc(C3CC3)nn2CCN1C(=O)c1c[nH]c2cc(Cl)ccc2c1=O. The van der Waals surface area contributed by atoms with Gasteiger partial charge in [0.05, 0.1) is 18.1 Å². The third-order valence-corrected chi connectivity index (χ3v) is 5.62. The number of hydrogen-bond acceptors (Lipinski definition) is 4. The molecule has 1 saturated carbocycles. The number of nitrogens with zero attached hydrogens (tertiary/aromatic N) is 4. The molecule has 0 saturated heterocycles. The molecule has 7 nitrogen and oxygen atoms in total. The first-order valence-electron chi connectivity index (χ1n) is 9.09. The van der Waals surface area contributed by atoms with Crippen LogP contribution in [-0.2, 0) is 6.54 Å². The Kier molecular flexibility index (Phi) is 3.62. The molecular weight excluding hydrogens is 366 g/mol. The van der Waals surface area contributed by atoms with Crippen LogP contribution in [0.4, 0.5) is 0 Å². The first-order valence-corrected chi connectivity index (χ1v) is 9.47. The van der Waals surface area contributed by atoms with E-state index in [2.05, 4.69) is 15.1 Å². The highest BCUT2D eigenvalue weighted by Gasteiger charge is 2.35. The van der Waals surface area contributed by atoms with Crippen LogP contribution in [0.25, 0.3) is 10.9 Å². The molecule has 2 aliphatic rings. The molecule has 0 spiro atoms. The van der Waals surface area contributed by atoms with E-state index >= 15 is 0 Å². The van der Waals surface area contributed by atoms with Crippen LogP contribution in [-0.4, -0.2) is 37.1 Å². The smallest absolute Gasteiger partial charge is 0.260 e. The summed E-state index contributed by atoms with van der Waals surface area (Å²) in [7, 11) is 0. The average molecular weight is 384 g/mol. The van der Waals surface area contributed by atoms with Gasteiger partial charge in [-0.2, -0.15) is 5.10 Å². The van der Waals surface area contributed by atoms with Gasteiger partial charge in [0.1, 0.15) is 11.4 Å². The average Bonchev–Trinajstić information content (AvgIpc) is 3.41. The predicted molar refractivity (Wildman–Crippen MR) is 101 cm³/mol. The molecule has 0 radical (unpaired) electrons. The van der Waals surface area contributed by atoms with Crippen molar-refractivity contribution in [3.05, 3.63) is 56.9 Å². The minimum Gasteiger partial charge on any atom is -0.360 e. The number of benzene rings is 1. The Balaban J connectivity index is 1.50. The van der Waals surface area contributed by atoms with Gasteiger partial charge in [0.2, 0.25) is 5.43 Å². The second-order valence-corrected chi connectivity index (χ2v) is 7.66. The number of fused-ring (bicyclic) bond motifs is 2. The zero-order valence-corrected chi connectivity index (χ0v) is 15.5. The fraction of sp³-hybridized carbons (Fsp3) is 0.368. The summed E-state index contributed by atoms with van der Waals surface area (Å²) in [5, 5.41) is 5.57. The van der Waals surface area contributed by atoms with Gasteiger partial charge in [-0.3, -0.25) is 9.59 Å². The molecule has 1 amide bonds. The Morgan fingerprint density at radius 3 is 2.89 bits per heavy atom. The number of aromatic nitrogens is 4. The zero-order valence-electron chi connectivity index (χ0n) is 14.8. The van der Waals surface area contributed by atoms with E-state index in [4.69, 9.17) is 11.6 Å². The van der Waals surface area contributed by atoms with E-state index in [0.29, 0.717) is 34.9 Å². The van der Waals surface area contributed by atoms with Gasteiger partial charge in [0.25, 0.3) is 5.91 Å². The summed E-state index contributed by atoms with van der Waals surface area (Å²) in [6.45, 7) is 3.02. The molecule has 5 rings (SSSR count). The van der Waals surface area contributed by atoms with Crippen molar-refractivity contribution in [2.45, 2.75) is 38.3 Å². The van der Waals surface area contributed by atoms with Crippen molar-refractivity contribution in [1.82, 2.24) is 24.6 Å². The van der Waals surface area contributed by atoms with Crippen LogP contribution in [0.2, 0.25) is 5.02 Å². The third kappa shape index (κ3) is 2.65. The van der Waals surface area contributed by atoms with E-state index in [9.17, 15) is 9.59 Å². The summed E-state index contributed by atoms with van der Waals surface area (Å²) in [5.41, 5.74) is 0.458. The normalized spacial score (nSPS) is 19.3. The number of pyridine rings is 1. The molecule has 3 aromatic rings. The lowest BCUT2D eigenvalue weighted by atomic mass is 10.1. The van der Waals surface area contributed by atoms with Gasteiger partial charge in [-0.05, 0) is 38.0 Å². The lowest BCUT2D eigenvalue weighted by Crippen LogP contribution is -2.43. The predicted octanol–water partition coefficient (Wildman–Crippen LogP) is 2.87. The number of nitrogens with one attached hydrogen (secondary N) is 1. The summed E-state index contributed by atoms with van der Waals surface area (Å²) in [6.07, 6.45) is 3.75. The van der Waals surface area contributed by atoms with Crippen molar-refractivity contribution in [1.29, 1.82) is 0 Å². The monoisotopic (exact) mass is 383 g/mol. The maximum atomic E-state index is 13.1. The maximum absolute atomic E-state index is 13.1. The number of rotatable bonds is 2. The quantitative estimate of drug-likeness (QED) is 0.737. The van der Waals surface area contributed by atoms with Gasteiger partial charge in [0.15, 0.2) is 5.82 Å². The highest BCUT2D eigenvalue weighted by molar-refractivity contribution is 6.31. The van der Waals surface area contributed by atoms with Crippen LogP contribution < -0.4 is 5.43 Å². The summed E-state index contributed by atoms with van der Waals surface area (Å²) >= 11 is 5.98. The molecular formula is C19H18ClN5O2. The minimum atomic E-state index is -0.289. The van der Waals surface area contributed by atoms with Gasteiger partial charge in [-0.15, -0.1) is 0 Å². The number of carbonyl (C=O) groups is 1. The Morgan fingerprint density at radius 2 is 2.11 bits per heavy atom. The van der Waals surface area contributed by atoms with Crippen LogP contribution >= 0.6 is 11.6 Å². The molecule has 0 bridgehead atoms. The Labute approximate surface area is 160 Å². The molecule has 0 unspecified atom stereocenters. The molecule has 1 aliphatic carbocycles. The standard InChI is InChI=1S/C19H18ClN5O2/c1-10-18-22-17(11-2-3-11)23-25(18)7-6-24(10)19(27)14-9-21-15-8-12(20)4-5-13(15)16(14)26/h4-5,8-11H,2-3,6-7H2,1H3,(H,21,26)/t10-/m1/s1. The van der Waals surface area contributed by atoms with E-state index in [1.165, 1.54) is 6.20 Å². The highest BCUT2D eigenvalue weighted by Crippen LogP contribution is 2.39. The van der Waals surface area contributed by atoms with Crippen molar-refractivity contribution in [2.24, 2.45) is 0 Å². The Hall–Kier alpha value is -2.67. The van der Waals surface area contributed by atoms with Gasteiger partial charge >= 0.3 is 0 Å². The lowest BCUT2D eigenvalue weighted by Gasteiger charge is -2.32. The molecule has 3 heterocycles. The number of carbonyl (C=O) groups excluding carboxylic acids is 1. The van der Waals surface area contributed by atoms with Gasteiger partial charge < -0.3 is 9.88 Å². The van der Waals surface area contributed by atoms with Crippen LogP contribution in [0.5, 0.6) is 0 Å². The number of H-pyrrole nitrogens is 1. The van der Waals surface area contributed by atoms with Crippen LogP contribution in [0.3, 0.4) is 0 Å². The van der Waals surface area contributed by atoms with Crippen molar-refractivity contribution in [3.8, 4) is 0 Å². The van der Waals surface area contributed by atoms with Crippen molar-refractivity contribution >= 4 is 28.4 Å². The van der Waals surface area contributed by atoms with Crippen molar-refractivity contribution in [2.75, 3.05) is 6.54 Å². The van der Waals surface area contributed by atoms with E-state index in [1.807, 2.05) is 11.6 Å². The Bertz CT molecular complexity index is 1130. The summed E-state index contributed by atoms with van der Waals surface area (Å²) in [4.78, 5) is 35.3. The number of halogens is 1. The second kappa shape index (κ2) is 5.92. The Morgan fingerprint density at radius 1 is 1.30 bits per heavy atom. The van der Waals surface area contributed by atoms with Crippen LogP contribution in [0.1, 0.15) is 53.7 Å². The van der Waals surface area contributed by atoms with E-state index in [0.717, 1.165) is 24.5 Å². The molecule has 2 aromatic heterocycles. The first kappa shape index (κ1) is 16.5. The van der Waals surface area contributed by atoms with Crippen molar-refractivity contribution in [3.63, 3.8) is 0 Å². The first-order chi connectivity index (χ1) is 13.0. The molecule has 1 N–H and O–H groups in total. The zero-order chi connectivity index (χ0) is 18.7. The highest BCUT2D eigenvalue weighted by atomic mass is 35.5. The number of aromatic amines is 1. The van der Waals surface area contributed by atoms with E-state index in [-0.39, 0.29) is 22.9 Å². The number of hydrogen-bond donors (Lipinski definition) is 1. The summed E-state index contributed by atoms with van der Waals surface area (Å²) in [6, 6.07) is 4.74. The lowest BCUT2D eigenvalue weighted by molar-refractivity contribution is 0.0629. The molecule has 8 heteroatoms. The fourth-order valence-electron chi connectivity index (χ4n) is 3.68. The largest absolute Gasteiger partial charge is 0.360 e. The van der Waals surface area contributed by atoms with Gasteiger partial charge in [-0.25, -0.2) is 9.67 Å². The van der Waals surface area contributed by atoms with Gasteiger partial charge in [-0.1, -0.05) is 11.6 Å². The molecule has 27 heavy (non-hydrogen) atoms. The van der Waals surface area contributed by atoms with E-state index in [1.54, 1.807) is 23.1 Å². The molecule has 1 aliphatic heterocycles. The van der Waals surface area contributed by atoms with Crippen LogP contribution in [0, 0.1) is 0 Å². The molecule has 1 aromatic carbocycles. The topological polar surface area (TPSA) is 83.9 Å². The number of amides is 1. The molecule has 1 fully saturated rings. The fourth-order valence-corrected chi connectivity index (χ4v) is 3.85. The second-order valence-electron chi connectivity index (χ2n) is 7.22. The molecule has 138 valence electrons. The maximum Gasteiger partial charge on any atom is 0.260 e. The van der Waals surface area contributed by atoms with Crippen molar-refractivity contribution < 1.29 is 4.79 Å². The summed E-state index contributed by atoms with van der Waals surface area (Å²) < 4.78 is 1.90. The van der Waals surface area contributed by atoms with Gasteiger partial charge in [0, 0.05) is 29.1 Å². The molecule has 1 atom stereocenters. The summed E-state index contributed by atoms with van der Waals surface area (Å²) in [5.74, 6) is 1.85. The third-order valence-electron chi connectivity index (χ3n) is 5.39. The minimum absolute atomic E-state index is 0.132. The van der Waals surface area contributed by atoms with Crippen LogP contribution in [0.15, 0.2) is 29.2 Å².